The molecule has 1 aliphatic heterocycles. The van der Waals surface area contributed by atoms with Crippen LogP contribution in [0.1, 0.15) is 28.4 Å². The second kappa shape index (κ2) is 7.78. The third-order valence-corrected chi connectivity index (χ3v) is 4.58. The van der Waals surface area contributed by atoms with Gasteiger partial charge in [-0.2, -0.15) is 0 Å². The van der Waals surface area contributed by atoms with Gasteiger partial charge in [-0.3, -0.25) is 19.7 Å². The summed E-state index contributed by atoms with van der Waals surface area (Å²) in [4.78, 5) is 35.2. The third-order valence-electron chi connectivity index (χ3n) is 3.91. The molecule has 1 aliphatic rings. The maximum Gasteiger partial charge on any atom is 0.260 e. The number of amides is 3. The number of phenolic OH excluding ortho intramolecular Hbond substituents is 1. The lowest BCUT2D eigenvalue weighted by Crippen LogP contribution is -2.37. The highest BCUT2D eigenvalue weighted by atomic mass is 127. The summed E-state index contributed by atoms with van der Waals surface area (Å²) in [7, 11) is 0. The molecule has 0 aromatic heterocycles. The number of phenols is 1. The molecule has 0 unspecified atom stereocenters. The van der Waals surface area contributed by atoms with Gasteiger partial charge in [-0.15, -0.1) is 0 Å². The van der Waals surface area contributed by atoms with E-state index in [0.717, 1.165) is 9.13 Å². The summed E-state index contributed by atoms with van der Waals surface area (Å²) in [6.07, 6.45) is 1.55. The van der Waals surface area contributed by atoms with E-state index in [1.165, 1.54) is 13.0 Å². The van der Waals surface area contributed by atoms with Gasteiger partial charge in [0.15, 0.2) is 0 Å². The molecule has 8 heteroatoms. The molecule has 4 N–H and O–H groups in total. The Hall–Kier alpha value is -2.88. The highest BCUT2D eigenvalue weighted by Gasteiger charge is 2.27. The van der Waals surface area contributed by atoms with Crippen molar-refractivity contribution in [3.63, 3.8) is 0 Å². The maximum atomic E-state index is 12.2. The number of anilines is 1. The fourth-order valence-electron chi connectivity index (χ4n) is 2.69. The van der Waals surface area contributed by atoms with E-state index in [4.69, 9.17) is 0 Å². The van der Waals surface area contributed by atoms with Crippen molar-refractivity contribution in [2.45, 2.75) is 13.5 Å². The predicted molar refractivity (Wildman–Crippen MR) is 109 cm³/mol. The molecular weight excluding hydrogens is 461 g/mol. The Labute approximate surface area is 169 Å². The maximum absolute atomic E-state index is 12.2. The van der Waals surface area contributed by atoms with Crippen LogP contribution < -0.4 is 16.0 Å². The standard InChI is InChI=1S/C19H16IN3O4/c1-10(24)22-16-5-2-11(6-17(16)25)8-21-9-15-14-7-12(20)3-4-13(14)18(26)23-19(15)27/h2-7,9,21,25H,8H2,1H3,(H,22,24)(H,23,26,27)/b15-9-. The van der Waals surface area contributed by atoms with Gasteiger partial charge >= 0.3 is 0 Å². The van der Waals surface area contributed by atoms with Crippen LogP contribution in [-0.4, -0.2) is 22.8 Å². The van der Waals surface area contributed by atoms with Gasteiger partial charge in [0.25, 0.3) is 11.8 Å². The number of rotatable bonds is 4. The Kier molecular flexibility index (Phi) is 5.45. The number of nitrogens with one attached hydrogen (secondary N) is 3. The Morgan fingerprint density at radius 2 is 1.93 bits per heavy atom. The topological polar surface area (TPSA) is 108 Å². The van der Waals surface area contributed by atoms with E-state index in [1.807, 2.05) is 0 Å². The van der Waals surface area contributed by atoms with Gasteiger partial charge < -0.3 is 15.7 Å². The summed E-state index contributed by atoms with van der Waals surface area (Å²) in [5.41, 5.74) is 2.47. The molecule has 7 nitrogen and oxygen atoms in total. The first-order valence-corrected chi connectivity index (χ1v) is 9.11. The number of aromatic hydroxyl groups is 1. The van der Waals surface area contributed by atoms with Gasteiger partial charge in [0.2, 0.25) is 5.91 Å². The molecule has 0 saturated carbocycles. The van der Waals surface area contributed by atoms with Gasteiger partial charge in [0.05, 0.1) is 11.3 Å². The number of benzene rings is 2. The van der Waals surface area contributed by atoms with Crippen molar-refractivity contribution in [3.8, 4) is 5.75 Å². The average molecular weight is 477 g/mol. The van der Waals surface area contributed by atoms with E-state index >= 15 is 0 Å². The van der Waals surface area contributed by atoms with Gasteiger partial charge in [0, 0.05) is 34.4 Å². The number of halogens is 1. The normalized spacial score (nSPS) is 14.5. The van der Waals surface area contributed by atoms with Crippen LogP contribution in [0.15, 0.2) is 42.6 Å². The van der Waals surface area contributed by atoms with E-state index in [9.17, 15) is 19.5 Å². The zero-order valence-corrected chi connectivity index (χ0v) is 16.5. The Balaban J connectivity index is 1.79. The summed E-state index contributed by atoms with van der Waals surface area (Å²) >= 11 is 2.12. The van der Waals surface area contributed by atoms with Crippen molar-refractivity contribution in [1.82, 2.24) is 10.6 Å². The zero-order chi connectivity index (χ0) is 19.6. The molecule has 3 rings (SSSR count). The van der Waals surface area contributed by atoms with Crippen molar-refractivity contribution in [1.29, 1.82) is 0 Å². The van der Waals surface area contributed by atoms with Crippen molar-refractivity contribution in [2.75, 3.05) is 5.32 Å². The van der Waals surface area contributed by atoms with E-state index in [2.05, 4.69) is 38.5 Å². The summed E-state index contributed by atoms with van der Waals surface area (Å²) < 4.78 is 0.915. The Morgan fingerprint density at radius 3 is 2.63 bits per heavy atom. The second-order valence-electron chi connectivity index (χ2n) is 5.94. The third kappa shape index (κ3) is 4.27. The van der Waals surface area contributed by atoms with Crippen LogP contribution in [0, 0.1) is 3.57 Å². The highest BCUT2D eigenvalue weighted by Crippen LogP contribution is 2.26. The molecule has 0 aliphatic carbocycles. The summed E-state index contributed by atoms with van der Waals surface area (Å²) in [6, 6.07) is 10.2. The molecule has 0 spiro atoms. The smallest absolute Gasteiger partial charge is 0.260 e. The molecule has 2 aromatic carbocycles. The van der Waals surface area contributed by atoms with Crippen LogP contribution in [0.4, 0.5) is 5.69 Å². The first-order chi connectivity index (χ1) is 12.8. The number of fused-ring (bicyclic) bond motifs is 1. The lowest BCUT2D eigenvalue weighted by molar-refractivity contribution is -0.115. The lowest BCUT2D eigenvalue weighted by Gasteiger charge is -2.18. The Bertz CT molecular complexity index is 985. The number of carbonyl (C=O) groups is 3. The molecule has 3 amide bonds. The van der Waals surface area contributed by atoms with Crippen LogP contribution in [0.3, 0.4) is 0 Å². The second-order valence-corrected chi connectivity index (χ2v) is 7.19. The molecular formula is C19H16IN3O4. The quantitative estimate of drug-likeness (QED) is 0.234. The van der Waals surface area contributed by atoms with Crippen LogP contribution in [0.25, 0.3) is 5.57 Å². The van der Waals surface area contributed by atoms with Gasteiger partial charge in [-0.1, -0.05) is 6.07 Å². The minimum absolute atomic E-state index is 0.0435. The van der Waals surface area contributed by atoms with Crippen molar-refractivity contribution >= 4 is 51.6 Å². The number of carbonyl (C=O) groups excluding carboxylic acids is 3. The molecule has 0 fully saturated rings. The number of imide groups is 1. The lowest BCUT2D eigenvalue weighted by atomic mass is 9.95. The van der Waals surface area contributed by atoms with Crippen LogP contribution in [0.5, 0.6) is 5.75 Å². The molecule has 0 atom stereocenters. The fourth-order valence-corrected chi connectivity index (χ4v) is 3.19. The molecule has 0 radical (unpaired) electrons. The zero-order valence-electron chi connectivity index (χ0n) is 14.3. The van der Waals surface area contributed by atoms with Gasteiger partial charge in [0.1, 0.15) is 5.75 Å². The summed E-state index contributed by atoms with van der Waals surface area (Å²) in [5, 5.41) is 17.8. The molecule has 2 aromatic rings. The minimum atomic E-state index is -0.467. The van der Waals surface area contributed by atoms with Crippen molar-refractivity contribution in [3.05, 3.63) is 62.9 Å². The van der Waals surface area contributed by atoms with Crippen molar-refractivity contribution in [2.24, 2.45) is 0 Å². The minimum Gasteiger partial charge on any atom is -0.506 e. The molecule has 138 valence electrons. The molecule has 1 heterocycles. The predicted octanol–water partition coefficient (Wildman–Crippen LogP) is 2.36. The summed E-state index contributed by atoms with van der Waals surface area (Å²) in [6.45, 7) is 1.71. The first kappa shape index (κ1) is 18.9. The fraction of sp³-hybridized carbons (Fsp3) is 0.105. The first-order valence-electron chi connectivity index (χ1n) is 8.04. The van der Waals surface area contributed by atoms with E-state index in [1.54, 1.807) is 36.5 Å². The van der Waals surface area contributed by atoms with Crippen LogP contribution >= 0.6 is 22.6 Å². The number of hydrogen-bond acceptors (Lipinski definition) is 5. The monoisotopic (exact) mass is 477 g/mol. The largest absolute Gasteiger partial charge is 0.506 e. The van der Waals surface area contributed by atoms with E-state index < -0.39 is 11.8 Å². The number of hydrogen-bond donors (Lipinski definition) is 4. The van der Waals surface area contributed by atoms with Gasteiger partial charge in [-0.05, 0) is 58.5 Å². The van der Waals surface area contributed by atoms with Crippen LogP contribution in [0.2, 0.25) is 0 Å². The van der Waals surface area contributed by atoms with E-state index in [0.29, 0.717) is 28.9 Å². The van der Waals surface area contributed by atoms with E-state index in [-0.39, 0.29) is 11.7 Å². The summed E-state index contributed by atoms with van der Waals surface area (Å²) in [5.74, 6) is -1.20. The van der Waals surface area contributed by atoms with Gasteiger partial charge in [-0.25, -0.2) is 0 Å². The molecule has 0 saturated heterocycles. The Morgan fingerprint density at radius 1 is 1.15 bits per heavy atom. The highest BCUT2D eigenvalue weighted by molar-refractivity contribution is 14.1. The average Bonchev–Trinajstić information content (AvgIpc) is 2.59. The van der Waals surface area contributed by atoms with Crippen molar-refractivity contribution < 1.29 is 19.5 Å². The molecule has 27 heavy (non-hydrogen) atoms. The molecule has 0 bridgehead atoms. The van der Waals surface area contributed by atoms with Crippen LogP contribution in [-0.2, 0) is 16.1 Å². The SMILES string of the molecule is CC(=O)Nc1ccc(CN/C=C2\C(=O)NC(=O)c3ccc(I)cc32)cc1O.